The Kier molecular flexibility index (Phi) is 6.25. The number of benzene rings is 2. The highest BCUT2D eigenvalue weighted by atomic mass is 16.5. The SMILES string of the molecule is COc1ccccc1CN(CCO)CCc1ccccc1. The second kappa shape index (κ2) is 8.45. The molecule has 0 saturated carbocycles. The highest BCUT2D eigenvalue weighted by Crippen LogP contribution is 2.19. The van der Waals surface area contributed by atoms with Crippen LogP contribution in [0.3, 0.4) is 0 Å². The summed E-state index contributed by atoms with van der Waals surface area (Å²) >= 11 is 0. The number of hydrogen-bond donors (Lipinski definition) is 1. The van der Waals surface area contributed by atoms with E-state index in [2.05, 4.69) is 35.2 Å². The highest BCUT2D eigenvalue weighted by molar-refractivity contribution is 5.33. The molecule has 0 aliphatic rings. The van der Waals surface area contributed by atoms with Crippen molar-refractivity contribution in [3.05, 3.63) is 65.7 Å². The molecule has 21 heavy (non-hydrogen) atoms. The maximum absolute atomic E-state index is 9.27. The number of ether oxygens (including phenoxy) is 1. The lowest BCUT2D eigenvalue weighted by atomic mass is 10.1. The van der Waals surface area contributed by atoms with Gasteiger partial charge in [0.15, 0.2) is 0 Å². The third kappa shape index (κ3) is 4.88. The van der Waals surface area contributed by atoms with Gasteiger partial charge in [0.25, 0.3) is 0 Å². The average molecular weight is 285 g/mol. The van der Waals surface area contributed by atoms with Crippen molar-refractivity contribution in [2.24, 2.45) is 0 Å². The van der Waals surface area contributed by atoms with Gasteiger partial charge in [-0.25, -0.2) is 0 Å². The molecule has 0 aromatic heterocycles. The Bertz CT molecular complexity index is 528. The van der Waals surface area contributed by atoms with Gasteiger partial charge >= 0.3 is 0 Å². The van der Waals surface area contributed by atoms with E-state index in [0.717, 1.165) is 30.8 Å². The molecular weight excluding hydrogens is 262 g/mol. The minimum absolute atomic E-state index is 0.171. The molecule has 112 valence electrons. The van der Waals surface area contributed by atoms with E-state index in [0.29, 0.717) is 6.54 Å². The van der Waals surface area contributed by atoms with Crippen LogP contribution in [-0.4, -0.2) is 36.8 Å². The summed E-state index contributed by atoms with van der Waals surface area (Å²) < 4.78 is 5.40. The number of para-hydroxylation sites is 1. The fourth-order valence-corrected chi connectivity index (χ4v) is 2.42. The van der Waals surface area contributed by atoms with Crippen LogP contribution >= 0.6 is 0 Å². The van der Waals surface area contributed by atoms with Gasteiger partial charge in [0.1, 0.15) is 5.75 Å². The Labute approximate surface area is 126 Å². The van der Waals surface area contributed by atoms with E-state index >= 15 is 0 Å². The van der Waals surface area contributed by atoms with Gasteiger partial charge in [-0.15, -0.1) is 0 Å². The summed E-state index contributed by atoms with van der Waals surface area (Å²) in [5.41, 5.74) is 2.47. The molecule has 0 heterocycles. The van der Waals surface area contributed by atoms with Crippen molar-refractivity contribution in [3.8, 4) is 5.75 Å². The maximum atomic E-state index is 9.27. The lowest BCUT2D eigenvalue weighted by Gasteiger charge is -2.22. The standard InChI is InChI=1S/C18H23NO2/c1-21-18-10-6-5-9-17(18)15-19(13-14-20)12-11-16-7-3-2-4-8-16/h2-10,20H,11-15H2,1H3. The summed E-state index contributed by atoms with van der Waals surface area (Å²) in [5.74, 6) is 0.903. The number of aliphatic hydroxyl groups excluding tert-OH is 1. The van der Waals surface area contributed by atoms with E-state index in [9.17, 15) is 5.11 Å². The number of aliphatic hydroxyl groups is 1. The van der Waals surface area contributed by atoms with Crippen LogP contribution in [0.1, 0.15) is 11.1 Å². The molecule has 0 fully saturated rings. The third-order valence-corrected chi connectivity index (χ3v) is 3.56. The first kappa shape index (κ1) is 15.5. The van der Waals surface area contributed by atoms with Crippen molar-refractivity contribution >= 4 is 0 Å². The molecule has 0 unspecified atom stereocenters. The van der Waals surface area contributed by atoms with Crippen LogP contribution in [0, 0.1) is 0 Å². The van der Waals surface area contributed by atoms with Crippen LogP contribution in [0.4, 0.5) is 0 Å². The van der Waals surface area contributed by atoms with Crippen LogP contribution < -0.4 is 4.74 Å². The number of methoxy groups -OCH3 is 1. The van der Waals surface area contributed by atoms with Crippen molar-refractivity contribution in [3.63, 3.8) is 0 Å². The Hall–Kier alpha value is -1.84. The van der Waals surface area contributed by atoms with Crippen LogP contribution in [0.2, 0.25) is 0 Å². The second-order valence-electron chi connectivity index (χ2n) is 5.05. The molecule has 0 aliphatic carbocycles. The van der Waals surface area contributed by atoms with Gasteiger partial charge in [0.05, 0.1) is 13.7 Å². The third-order valence-electron chi connectivity index (χ3n) is 3.56. The van der Waals surface area contributed by atoms with Crippen LogP contribution in [0.25, 0.3) is 0 Å². The molecule has 0 amide bonds. The molecule has 0 spiro atoms. The molecular formula is C18H23NO2. The topological polar surface area (TPSA) is 32.7 Å². The second-order valence-corrected chi connectivity index (χ2v) is 5.05. The predicted molar refractivity (Wildman–Crippen MR) is 85.5 cm³/mol. The quantitative estimate of drug-likeness (QED) is 0.809. The van der Waals surface area contributed by atoms with E-state index in [1.807, 2.05) is 24.3 Å². The highest BCUT2D eigenvalue weighted by Gasteiger charge is 2.09. The van der Waals surface area contributed by atoms with Gasteiger partial charge < -0.3 is 9.84 Å². The predicted octanol–water partition coefficient (Wildman–Crippen LogP) is 2.73. The molecule has 2 aromatic carbocycles. The largest absolute Gasteiger partial charge is 0.496 e. The molecule has 3 heteroatoms. The van der Waals surface area contributed by atoms with Crippen molar-refractivity contribution in [2.45, 2.75) is 13.0 Å². The van der Waals surface area contributed by atoms with Gasteiger partial charge in [-0.05, 0) is 18.1 Å². The number of hydrogen-bond acceptors (Lipinski definition) is 3. The molecule has 0 atom stereocenters. The first-order chi connectivity index (χ1) is 10.3. The van der Waals surface area contributed by atoms with E-state index in [-0.39, 0.29) is 6.61 Å². The summed E-state index contributed by atoms with van der Waals surface area (Å²) in [6.45, 7) is 2.55. The van der Waals surface area contributed by atoms with Crippen LogP contribution in [0.15, 0.2) is 54.6 Å². The number of nitrogens with zero attached hydrogens (tertiary/aromatic N) is 1. The van der Waals surface area contributed by atoms with Gasteiger partial charge in [-0.1, -0.05) is 48.5 Å². The average Bonchev–Trinajstić information content (AvgIpc) is 2.54. The summed E-state index contributed by atoms with van der Waals surface area (Å²) in [6.07, 6.45) is 0.982. The molecule has 0 bridgehead atoms. The van der Waals surface area contributed by atoms with E-state index < -0.39 is 0 Å². The van der Waals surface area contributed by atoms with E-state index in [4.69, 9.17) is 4.74 Å². The lowest BCUT2D eigenvalue weighted by Crippen LogP contribution is -2.28. The van der Waals surface area contributed by atoms with Gasteiger partial charge in [0.2, 0.25) is 0 Å². The summed E-state index contributed by atoms with van der Waals surface area (Å²) in [4.78, 5) is 2.25. The normalized spacial score (nSPS) is 10.8. The van der Waals surface area contributed by atoms with E-state index in [1.165, 1.54) is 5.56 Å². The molecule has 2 aromatic rings. The first-order valence-electron chi connectivity index (χ1n) is 7.32. The lowest BCUT2D eigenvalue weighted by molar-refractivity contribution is 0.190. The number of rotatable bonds is 8. The first-order valence-corrected chi connectivity index (χ1v) is 7.32. The Morgan fingerprint density at radius 3 is 2.38 bits per heavy atom. The van der Waals surface area contributed by atoms with Gasteiger partial charge in [0, 0.05) is 25.2 Å². The maximum Gasteiger partial charge on any atom is 0.123 e. The van der Waals surface area contributed by atoms with Crippen LogP contribution in [-0.2, 0) is 13.0 Å². The molecule has 2 rings (SSSR count). The monoisotopic (exact) mass is 285 g/mol. The zero-order valence-electron chi connectivity index (χ0n) is 12.5. The Morgan fingerprint density at radius 2 is 1.67 bits per heavy atom. The van der Waals surface area contributed by atoms with E-state index in [1.54, 1.807) is 7.11 Å². The van der Waals surface area contributed by atoms with Gasteiger partial charge in [-0.3, -0.25) is 4.90 Å². The summed E-state index contributed by atoms with van der Waals surface area (Å²) in [5, 5.41) is 9.27. The minimum Gasteiger partial charge on any atom is -0.496 e. The Morgan fingerprint density at radius 1 is 0.952 bits per heavy atom. The fourth-order valence-electron chi connectivity index (χ4n) is 2.42. The smallest absolute Gasteiger partial charge is 0.123 e. The zero-order valence-corrected chi connectivity index (χ0v) is 12.5. The molecule has 1 N–H and O–H groups in total. The molecule has 0 radical (unpaired) electrons. The fraction of sp³-hybridized carbons (Fsp3) is 0.333. The van der Waals surface area contributed by atoms with Crippen molar-refractivity contribution in [2.75, 3.05) is 26.8 Å². The van der Waals surface area contributed by atoms with Crippen LogP contribution in [0.5, 0.6) is 5.75 Å². The van der Waals surface area contributed by atoms with Gasteiger partial charge in [-0.2, -0.15) is 0 Å². The summed E-state index contributed by atoms with van der Waals surface area (Å²) in [6, 6.07) is 18.5. The van der Waals surface area contributed by atoms with Crippen molar-refractivity contribution in [1.82, 2.24) is 4.90 Å². The molecule has 3 nitrogen and oxygen atoms in total. The zero-order chi connectivity index (χ0) is 14.9. The summed E-state index contributed by atoms with van der Waals surface area (Å²) in [7, 11) is 1.69. The molecule has 0 saturated heterocycles. The van der Waals surface area contributed by atoms with Crippen molar-refractivity contribution < 1.29 is 9.84 Å². The Balaban J connectivity index is 1.98. The van der Waals surface area contributed by atoms with Crippen molar-refractivity contribution in [1.29, 1.82) is 0 Å². The molecule has 0 aliphatic heterocycles. The minimum atomic E-state index is 0.171.